The molecule has 37 heavy (non-hydrogen) atoms. The fourth-order valence-electron chi connectivity index (χ4n) is 5.01. The van der Waals surface area contributed by atoms with E-state index >= 15 is 0 Å². The fourth-order valence-corrected chi connectivity index (χ4v) is 5.01. The molecule has 2 atom stereocenters. The molecule has 0 unspecified atom stereocenters. The first-order valence-corrected chi connectivity index (χ1v) is 12.1. The first-order chi connectivity index (χ1) is 17.6. The molecule has 0 saturated carbocycles. The molecule has 1 saturated heterocycles. The van der Waals surface area contributed by atoms with E-state index in [1.807, 2.05) is 24.3 Å². The smallest absolute Gasteiger partial charge is 0.416 e. The summed E-state index contributed by atoms with van der Waals surface area (Å²) in [6.07, 6.45) is -4.39. The number of hydrogen-bond acceptors (Lipinski definition) is 3. The van der Waals surface area contributed by atoms with E-state index in [0.717, 1.165) is 22.9 Å². The lowest BCUT2D eigenvalue weighted by atomic mass is 9.88. The van der Waals surface area contributed by atoms with Crippen LogP contribution in [-0.2, 0) is 24.1 Å². The molecule has 3 aromatic rings. The summed E-state index contributed by atoms with van der Waals surface area (Å²) in [6, 6.07) is 19.3. The van der Waals surface area contributed by atoms with Crippen molar-refractivity contribution in [3.8, 4) is 5.75 Å². The number of halogens is 4. The highest BCUT2D eigenvalue weighted by molar-refractivity contribution is 5.73. The first-order valence-electron chi connectivity index (χ1n) is 12.1. The number of rotatable bonds is 8. The van der Waals surface area contributed by atoms with E-state index in [1.165, 1.54) is 31.2 Å². The largest absolute Gasteiger partial charge is 0.497 e. The van der Waals surface area contributed by atoms with Crippen LogP contribution >= 0.6 is 0 Å². The Morgan fingerprint density at radius 3 is 2.32 bits per heavy atom. The van der Waals surface area contributed by atoms with Gasteiger partial charge in [0.2, 0.25) is 5.91 Å². The standard InChI is InChI=1S/C29H30F4N2O2/c1-20(36)35(16-21-6-10-26(30)11-7-21)18-24-17-34(15-22-4-3-5-25(14-22)29(31,32)33)19-28(24)23-8-12-27(37-2)13-9-23/h3-14,24,28H,15-19H2,1-2H3/t24-,28+/m0/s1. The predicted octanol–water partition coefficient (Wildman–Crippen LogP) is 6.12. The van der Waals surface area contributed by atoms with Crippen LogP contribution in [0.2, 0.25) is 0 Å². The van der Waals surface area contributed by atoms with E-state index in [4.69, 9.17) is 4.74 Å². The van der Waals surface area contributed by atoms with Crippen LogP contribution in [0.1, 0.15) is 35.1 Å². The first kappa shape index (κ1) is 26.7. The molecule has 1 amide bonds. The lowest BCUT2D eigenvalue weighted by Gasteiger charge is -2.28. The number of nitrogens with zero attached hydrogens (tertiary/aromatic N) is 2. The Kier molecular flexibility index (Phi) is 8.17. The predicted molar refractivity (Wildman–Crippen MR) is 133 cm³/mol. The van der Waals surface area contributed by atoms with E-state index in [1.54, 1.807) is 30.2 Å². The molecule has 1 fully saturated rings. The third-order valence-corrected chi connectivity index (χ3v) is 6.91. The van der Waals surface area contributed by atoms with Gasteiger partial charge in [-0.15, -0.1) is 0 Å². The molecule has 0 spiro atoms. The van der Waals surface area contributed by atoms with E-state index in [2.05, 4.69) is 4.90 Å². The van der Waals surface area contributed by atoms with Crippen molar-refractivity contribution in [2.24, 2.45) is 5.92 Å². The third kappa shape index (κ3) is 6.89. The van der Waals surface area contributed by atoms with E-state index in [-0.39, 0.29) is 23.6 Å². The van der Waals surface area contributed by atoms with Crippen LogP contribution in [0.25, 0.3) is 0 Å². The van der Waals surface area contributed by atoms with Gasteiger partial charge in [0.15, 0.2) is 0 Å². The second kappa shape index (κ2) is 11.3. The van der Waals surface area contributed by atoms with Gasteiger partial charge < -0.3 is 9.64 Å². The van der Waals surface area contributed by atoms with Crippen molar-refractivity contribution in [1.29, 1.82) is 0 Å². The summed E-state index contributed by atoms with van der Waals surface area (Å²) in [5.74, 6) is 0.448. The van der Waals surface area contributed by atoms with Crippen LogP contribution in [0.4, 0.5) is 17.6 Å². The fraction of sp³-hybridized carbons (Fsp3) is 0.345. The Labute approximate surface area is 214 Å². The van der Waals surface area contributed by atoms with Gasteiger partial charge in [0.1, 0.15) is 11.6 Å². The number of likely N-dealkylation sites (tertiary alicyclic amines) is 1. The minimum atomic E-state index is -4.39. The van der Waals surface area contributed by atoms with E-state index in [9.17, 15) is 22.4 Å². The highest BCUT2D eigenvalue weighted by Gasteiger charge is 2.36. The van der Waals surface area contributed by atoms with Gasteiger partial charge in [-0.2, -0.15) is 13.2 Å². The molecular formula is C29H30F4N2O2. The van der Waals surface area contributed by atoms with Crippen molar-refractivity contribution >= 4 is 5.91 Å². The van der Waals surface area contributed by atoms with Crippen LogP contribution in [0.5, 0.6) is 5.75 Å². The minimum Gasteiger partial charge on any atom is -0.497 e. The lowest BCUT2D eigenvalue weighted by molar-refractivity contribution is -0.137. The Balaban J connectivity index is 1.55. The quantitative estimate of drug-likeness (QED) is 0.340. The second-order valence-electron chi connectivity index (χ2n) is 9.56. The lowest BCUT2D eigenvalue weighted by Crippen LogP contribution is -2.35. The maximum Gasteiger partial charge on any atom is 0.416 e. The summed E-state index contributed by atoms with van der Waals surface area (Å²) in [5.41, 5.74) is 1.85. The Bertz CT molecular complexity index is 1200. The second-order valence-corrected chi connectivity index (χ2v) is 9.56. The number of ether oxygens (including phenoxy) is 1. The molecule has 196 valence electrons. The van der Waals surface area contributed by atoms with Crippen molar-refractivity contribution in [3.05, 3.63) is 101 Å². The molecule has 3 aromatic carbocycles. The third-order valence-electron chi connectivity index (χ3n) is 6.91. The zero-order valence-electron chi connectivity index (χ0n) is 20.8. The molecule has 0 radical (unpaired) electrons. The molecule has 0 N–H and O–H groups in total. The van der Waals surface area contributed by atoms with Gasteiger partial charge in [0, 0.05) is 45.6 Å². The van der Waals surface area contributed by atoms with Crippen molar-refractivity contribution in [3.63, 3.8) is 0 Å². The van der Waals surface area contributed by atoms with Crippen LogP contribution in [-0.4, -0.2) is 42.5 Å². The van der Waals surface area contributed by atoms with Gasteiger partial charge in [0.05, 0.1) is 12.7 Å². The van der Waals surface area contributed by atoms with Gasteiger partial charge in [-0.05, 0) is 52.9 Å². The molecule has 1 aliphatic heterocycles. The molecular weight excluding hydrogens is 484 g/mol. The number of carbonyl (C=O) groups is 1. The van der Waals surface area contributed by atoms with Crippen LogP contribution in [0.15, 0.2) is 72.8 Å². The summed E-state index contributed by atoms with van der Waals surface area (Å²) in [7, 11) is 1.60. The number of amides is 1. The number of methoxy groups -OCH3 is 1. The summed E-state index contributed by atoms with van der Waals surface area (Å²) in [4.78, 5) is 16.4. The Morgan fingerprint density at radius 1 is 1.00 bits per heavy atom. The maximum atomic E-state index is 13.4. The summed E-state index contributed by atoms with van der Waals surface area (Å²) >= 11 is 0. The highest BCUT2D eigenvalue weighted by Crippen LogP contribution is 2.36. The van der Waals surface area contributed by atoms with Gasteiger partial charge in [-0.3, -0.25) is 9.69 Å². The average molecular weight is 515 g/mol. The molecule has 8 heteroatoms. The zero-order chi connectivity index (χ0) is 26.6. The van der Waals surface area contributed by atoms with E-state index < -0.39 is 11.7 Å². The van der Waals surface area contributed by atoms with Gasteiger partial charge in [0.25, 0.3) is 0 Å². The SMILES string of the molecule is COc1ccc([C@H]2CN(Cc3cccc(C(F)(F)F)c3)C[C@H]2CN(Cc2ccc(F)cc2)C(C)=O)cc1. The molecule has 0 aliphatic carbocycles. The minimum absolute atomic E-state index is 0.0588. The number of alkyl halides is 3. The zero-order valence-corrected chi connectivity index (χ0v) is 20.8. The van der Waals surface area contributed by atoms with Crippen molar-refractivity contribution in [2.45, 2.75) is 32.1 Å². The Hall–Kier alpha value is -3.39. The molecule has 0 aromatic heterocycles. The van der Waals surface area contributed by atoms with Crippen molar-refractivity contribution in [1.82, 2.24) is 9.80 Å². The number of hydrogen-bond donors (Lipinski definition) is 0. The van der Waals surface area contributed by atoms with Gasteiger partial charge in [-0.25, -0.2) is 4.39 Å². The van der Waals surface area contributed by atoms with E-state index in [0.29, 0.717) is 38.3 Å². The molecule has 0 bridgehead atoms. The summed E-state index contributed by atoms with van der Waals surface area (Å²) < 4.78 is 58.3. The average Bonchev–Trinajstić information content (AvgIpc) is 3.26. The number of carbonyl (C=O) groups excluding carboxylic acids is 1. The molecule has 4 nitrogen and oxygen atoms in total. The maximum absolute atomic E-state index is 13.4. The molecule has 4 rings (SSSR count). The van der Waals surface area contributed by atoms with Gasteiger partial charge >= 0.3 is 6.18 Å². The normalized spacial score (nSPS) is 18.1. The Morgan fingerprint density at radius 2 is 1.70 bits per heavy atom. The van der Waals surface area contributed by atoms with Crippen LogP contribution in [0, 0.1) is 11.7 Å². The van der Waals surface area contributed by atoms with Crippen molar-refractivity contribution in [2.75, 3.05) is 26.7 Å². The number of benzene rings is 3. The van der Waals surface area contributed by atoms with Crippen LogP contribution < -0.4 is 4.74 Å². The summed E-state index contributed by atoms with van der Waals surface area (Å²) in [5, 5.41) is 0. The molecule has 1 heterocycles. The van der Waals surface area contributed by atoms with Crippen molar-refractivity contribution < 1.29 is 27.1 Å². The topological polar surface area (TPSA) is 32.8 Å². The van der Waals surface area contributed by atoms with Crippen LogP contribution in [0.3, 0.4) is 0 Å². The summed E-state index contributed by atoms with van der Waals surface area (Å²) in [6.45, 7) is 4.00. The molecule has 1 aliphatic rings. The van der Waals surface area contributed by atoms with Gasteiger partial charge in [-0.1, -0.05) is 42.5 Å². The monoisotopic (exact) mass is 514 g/mol. The highest BCUT2D eigenvalue weighted by atomic mass is 19.4.